The molecule has 2 aromatic carbocycles. The van der Waals surface area contributed by atoms with Crippen molar-refractivity contribution in [2.45, 2.75) is 19.9 Å². The van der Waals surface area contributed by atoms with Crippen LogP contribution in [-0.4, -0.2) is 17.6 Å². The first-order chi connectivity index (χ1) is 12.0. The highest BCUT2D eigenvalue weighted by Gasteiger charge is 2.23. The van der Waals surface area contributed by atoms with Crippen molar-refractivity contribution in [3.05, 3.63) is 83.4 Å². The average molecular weight is 337 g/mol. The van der Waals surface area contributed by atoms with Crippen LogP contribution < -0.4 is 0 Å². The zero-order valence-corrected chi connectivity index (χ0v) is 14.5. The second-order valence-electron chi connectivity index (χ2n) is 6.00. The van der Waals surface area contributed by atoms with Crippen molar-refractivity contribution in [1.29, 1.82) is 0 Å². The Morgan fingerprint density at radius 1 is 1.08 bits per heavy atom. The molecule has 3 nitrogen and oxygen atoms in total. The van der Waals surface area contributed by atoms with Gasteiger partial charge >= 0.3 is 5.97 Å². The van der Waals surface area contributed by atoms with Crippen LogP contribution in [0.15, 0.2) is 60.8 Å². The molecule has 0 bridgehead atoms. The maximum Gasteiger partial charge on any atom is 0.340 e. The van der Waals surface area contributed by atoms with Gasteiger partial charge in [0.05, 0.1) is 18.7 Å². The summed E-state index contributed by atoms with van der Waals surface area (Å²) in [6.07, 6.45) is 1.94. The summed E-state index contributed by atoms with van der Waals surface area (Å²) in [5.74, 6) is -0.701. The van der Waals surface area contributed by atoms with Crippen molar-refractivity contribution in [3.63, 3.8) is 0 Å². The molecule has 3 rings (SSSR count). The largest absolute Gasteiger partial charge is 0.465 e. The van der Waals surface area contributed by atoms with Gasteiger partial charge in [-0.05, 0) is 37.1 Å². The summed E-state index contributed by atoms with van der Waals surface area (Å²) in [6.45, 7) is 3.98. The number of carbonyl (C=O) groups excluding carboxylic acids is 1. The van der Waals surface area contributed by atoms with E-state index in [1.54, 1.807) is 12.1 Å². The topological polar surface area (TPSA) is 31.2 Å². The van der Waals surface area contributed by atoms with Gasteiger partial charge in [0.1, 0.15) is 5.82 Å². The third kappa shape index (κ3) is 3.20. The highest BCUT2D eigenvalue weighted by atomic mass is 19.1. The molecule has 3 aromatic rings. The lowest BCUT2D eigenvalue weighted by atomic mass is 10.0. The van der Waals surface area contributed by atoms with Crippen LogP contribution >= 0.6 is 0 Å². The van der Waals surface area contributed by atoms with Gasteiger partial charge in [0.25, 0.3) is 0 Å². The molecule has 0 fully saturated rings. The number of hydrogen-bond donors (Lipinski definition) is 0. The standard InChI is InChI=1S/C21H20FNO2/c1-14(16-7-5-4-6-8-16)23-13-19(17-9-11-18(22)12-10-17)20(15(23)2)21(24)25-3/h4-14H,1-3H3/t14-/m1/s1. The summed E-state index contributed by atoms with van der Waals surface area (Å²) in [7, 11) is 1.37. The van der Waals surface area contributed by atoms with E-state index in [0.29, 0.717) is 5.56 Å². The van der Waals surface area contributed by atoms with Crippen LogP contribution in [0.4, 0.5) is 4.39 Å². The Morgan fingerprint density at radius 2 is 1.72 bits per heavy atom. The first-order valence-corrected chi connectivity index (χ1v) is 8.13. The smallest absolute Gasteiger partial charge is 0.340 e. The van der Waals surface area contributed by atoms with Crippen LogP contribution in [0.3, 0.4) is 0 Å². The lowest BCUT2D eigenvalue weighted by molar-refractivity contribution is 0.0600. The molecular weight excluding hydrogens is 317 g/mol. The van der Waals surface area contributed by atoms with E-state index in [0.717, 1.165) is 22.4 Å². The summed E-state index contributed by atoms with van der Waals surface area (Å²) in [6, 6.07) is 16.3. The van der Waals surface area contributed by atoms with Crippen LogP contribution in [0.25, 0.3) is 11.1 Å². The summed E-state index contributed by atoms with van der Waals surface area (Å²) in [4.78, 5) is 12.4. The third-order valence-corrected chi connectivity index (χ3v) is 4.53. The lowest BCUT2D eigenvalue weighted by Crippen LogP contribution is -2.10. The van der Waals surface area contributed by atoms with Gasteiger partial charge in [-0.15, -0.1) is 0 Å². The van der Waals surface area contributed by atoms with Crippen molar-refractivity contribution in [2.24, 2.45) is 0 Å². The minimum Gasteiger partial charge on any atom is -0.465 e. The number of nitrogens with zero attached hydrogens (tertiary/aromatic N) is 1. The van der Waals surface area contributed by atoms with E-state index >= 15 is 0 Å². The van der Waals surface area contributed by atoms with Gasteiger partial charge in [-0.2, -0.15) is 0 Å². The van der Waals surface area contributed by atoms with Crippen molar-refractivity contribution in [3.8, 4) is 11.1 Å². The monoisotopic (exact) mass is 337 g/mol. The number of benzene rings is 2. The van der Waals surface area contributed by atoms with Crippen molar-refractivity contribution >= 4 is 5.97 Å². The number of halogens is 1. The molecule has 0 aliphatic rings. The minimum absolute atomic E-state index is 0.0544. The molecule has 0 aliphatic heterocycles. The summed E-state index contributed by atoms with van der Waals surface area (Å²) < 4.78 is 20.3. The maximum absolute atomic E-state index is 13.3. The molecular formula is C21H20FNO2. The van der Waals surface area contributed by atoms with Gasteiger partial charge in [-0.3, -0.25) is 0 Å². The minimum atomic E-state index is -0.393. The van der Waals surface area contributed by atoms with Crippen LogP contribution in [0.1, 0.15) is 34.6 Å². The Labute approximate surface area is 146 Å². The average Bonchev–Trinajstić information content (AvgIpc) is 2.99. The Bertz CT molecular complexity index is 882. The molecule has 0 saturated heterocycles. The fourth-order valence-corrected chi connectivity index (χ4v) is 3.13. The van der Waals surface area contributed by atoms with Gasteiger partial charge in [0.2, 0.25) is 0 Å². The molecule has 0 radical (unpaired) electrons. The van der Waals surface area contributed by atoms with Gasteiger partial charge in [0.15, 0.2) is 0 Å². The first kappa shape index (κ1) is 17.0. The lowest BCUT2D eigenvalue weighted by Gasteiger charge is -2.16. The zero-order valence-electron chi connectivity index (χ0n) is 14.5. The molecule has 0 saturated carbocycles. The van der Waals surface area contributed by atoms with Crippen molar-refractivity contribution < 1.29 is 13.9 Å². The number of ether oxygens (including phenoxy) is 1. The quantitative estimate of drug-likeness (QED) is 0.628. The number of esters is 1. The molecule has 0 amide bonds. The maximum atomic E-state index is 13.3. The predicted octanol–water partition coefficient (Wildman–Crippen LogP) is 5.00. The van der Waals surface area contributed by atoms with Crippen molar-refractivity contribution in [1.82, 2.24) is 4.57 Å². The van der Waals surface area contributed by atoms with Crippen LogP contribution in [-0.2, 0) is 4.74 Å². The Morgan fingerprint density at radius 3 is 2.32 bits per heavy atom. The van der Waals surface area contributed by atoms with E-state index in [9.17, 15) is 9.18 Å². The fraction of sp³-hybridized carbons (Fsp3) is 0.190. The van der Waals surface area contributed by atoms with Crippen molar-refractivity contribution in [2.75, 3.05) is 7.11 Å². The molecule has 4 heteroatoms. The van der Waals surface area contributed by atoms with E-state index < -0.39 is 5.97 Å². The molecule has 1 heterocycles. The number of methoxy groups -OCH3 is 1. The van der Waals surface area contributed by atoms with Gasteiger partial charge < -0.3 is 9.30 Å². The zero-order chi connectivity index (χ0) is 18.0. The van der Waals surface area contributed by atoms with E-state index in [2.05, 4.69) is 23.6 Å². The number of carbonyl (C=O) groups is 1. The molecule has 0 N–H and O–H groups in total. The normalized spacial score (nSPS) is 12.0. The molecule has 1 atom stereocenters. The number of rotatable bonds is 4. The SMILES string of the molecule is COC(=O)c1c(-c2ccc(F)cc2)cn([C@H](C)c2ccccc2)c1C. The second kappa shape index (κ2) is 6.93. The Hall–Kier alpha value is -2.88. The van der Waals surface area contributed by atoms with E-state index in [1.165, 1.54) is 19.2 Å². The molecule has 1 aromatic heterocycles. The Balaban J connectivity index is 2.15. The number of hydrogen-bond acceptors (Lipinski definition) is 2. The van der Waals surface area contributed by atoms with E-state index in [1.807, 2.05) is 31.3 Å². The Kier molecular flexibility index (Phi) is 4.70. The van der Waals surface area contributed by atoms with Gasteiger partial charge in [0, 0.05) is 17.5 Å². The summed E-state index contributed by atoms with van der Waals surface area (Å²) >= 11 is 0. The molecule has 25 heavy (non-hydrogen) atoms. The van der Waals surface area contributed by atoms with Crippen LogP contribution in [0, 0.1) is 12.7 Å². The van der Waals surface area contributed by atoms with Crippen LogP contribution in [0.2, 0.25) is 0 Å². The van der Waals surface area contributed by atoms with E-state index in [4.69, 9.17) is 4.74 Å². The molecule has 0 spiro atoms. The fourth-order valence-electron chi connectivity index (χ4n) is 3.13. The van der Waals surface area contributed by atoms with E-state index in [-0.39, 0.29) is 11.9 Å². The highest BCUT2D eigenvalue weighted by Crippen LogP contribution is 2.32. The molecule has 0 unspecified atom stereocenters. The van der Waals surface area contributed by atoms with Gasteiger partial charge in [-0.25, -0.2) is 9.18 Å². The van der Waals surface area contributed by atoms with Crippen LogP contribution in [0.5, 0.6) is 0 Å². The number of aromatic nitrogens is 1. The molecule has 0 aliphatic carbocycles. The third-order valence-electron chi connectivity index (χ3n) is 4.53. The highest BCUT2D eigenvalue weighted by molar-refractivity contribution is 5.98. The summed E-state index contributed by atoms with van der Waals surface area (Å²) in [5, 5.41) is 0. The molecule has 128 valence electrons. The second-order valence-corrected chi connectivity index (χ2v) is 6.00. The van der Waals surface area contributed by atoms with Gasteiger partial charge in [-0.1, -0.05) is 42.5 Å². The summed E-state index contributed by atoms with van der Waals surface area (Å²) in [5.41, 5.74) is 4.00. The predicted molar refractivity (Wildman–Crippen MR) is 96.2 cm³/mol. The first-order valence-electron chi connectivity index (χ1n) is 8.13.